The molecule has 0 saturated carbocycles. The standard InChI is InChI=1S/C21H21N3O7/c1-2-12-30-21(27)16-7-9-18(10-8-16)31-14-20(26)23-22-19(25)11-6-15-4-3-5-17(13-15)24(28)29/h3-11,13H,2,12,14H2,1H3,(H,22,25)(H,23,26)/b11-6+. The van der Waals surface area contributed by atoms with Crippen LogP contribution in [-0.4, -0.2) is 35.9 Å². The summed E-state index contributed by atoms with van der Waals surface area (Å²) in [5, 5.41) is 10.7. The Balaban J connectivity index is 1.75. The first-order chi connectivity index (χ1) is 14.9. The van der Waals surface area contributed by atoms with Crippen LogP contribution in [0.15, 0.2) is 54.6 Å². The van der Waals surface area contributed by atoms with Gasteiger partial charge in [0.1, 0.15) is 5.75 Å². The van der Waals surface area contributed by atoms with Crippen molar-refractivity contribution in [1.29, 1.82) is 0 Å². The number of benzene rings is 2. The fourth-order valence-corrected chi connectivity index (χ4v) is 2.24. The molecule has 10 nitrogen and oxygen atoms in total. The molecule has 0 heterocycles. The number of rotatable bonds is 9. The van der Waals surface area contributed by atoms with E-state index in [0.717, 1.165) is 12.5 Å². The van der Waals surface area contributed by atoms with Crippen LogP contribution in [0.2, 0.25) is 0 Å². The zero-order valence-corrected chi connectivity index (χ0v) is 16.7. The lowest BCUT2D eigenvalue weighted by Gasteiger charge is -2.08. The quantitative estimate of drug-likeness (QED) is 0.271. The van der Waals surface area contributed by atoms with Gasteiger partial charge in [0.05, 0.1) is 17.1 Å². The van der Waals surface area contributed by atoms with Gasteiger partial charge in [0.2, 0.25) is 0 Å². The van der Waals surface area contributed by atoms with E-state index in [0.29, 0.717) is 23.5 Å². The van der Waals surface area contributed by atoms with E-state index in [-0.39, 0.29) is 12.3 Å². The summed E-state index contributed by atoms with van der Waals surface area (Å²) in [4.78, 5) is 45.5. The van der Waals surface area contributed by atoms with Crippen molar-refractivity contribution < 1.29 is 28.8 Å². The first-order valence-electron chi connectivity index (χ1n) is 9.30. The lowest BCUT2D eigenvalue weighted by molar-refractivity contribution is -0.384. The number of hydrogen-bond donors (Lipinski definition) is 2. The van der Waals surface area contributed by atoms with Crippen molar-refractivity contribution in [3.05, 3.63) is 75.8 Å². The molecule has 0 spiro atoms. The van der Waals surface area contributed by atoms with Crippen LogP contribution in [0.5, 0.6) is 5.75 Å². The van der Waals surface area contributed by atoms with E-state index in [4.69, 9.17) is 9.47 Å². The molecule has 0 atom stereocenters. The number of nitro benzene ring substituents is 1. The van der Waals surface area contributed by atoms with E-state index < -0.39 is 22.7 Å². The second kappa shape index (κ2) is 11.7. The van der Waals surface area contributed by atoms with Crippen LogP contribution >= 0.6 is 0 Å². The summed E-state index contributed by atoms with van der Waals surface area (Å²) in [6.07, 6.45) is 3.22. The number of amides is 2. The lowest BCUT2D eigenvalue weighted by Crippen LogP contribution is -2.43. The maximum Gasteiger partial charge on any atom is 0.338 e. The first kappa shape index (κ1) is 23.1. The molecule has 0 aromatic heterocycles. The molecular weight excluding hydrogens is 406 g/mol. The third-order valence-corrected chi connectivity index (χ3v) is 3.73. The fraction of sp³-hybridized carbons (Fsp3) is 0.190. The molecule has 0 radical (unpaired) electrons. The van der Waals surface area contributed by atoms with Gasteiger partial charge in [-0.3, -0.25) is 30.6 Å². The number of nitrogens with one attached hydrogen (secondary N) is 2. The van der Waals surface area contributed by atoms with E-state index >= 15 is 0 Å². The number of carbonyl (C=O) groups is 3. The highest BCUT2D eigenvalue weighted by atomic mass is 16.6. The third kappa shape index (κ3) is 7.97. The Morgan fingerprint density at radius 1 is 1.10 bits per heavy atom. The van der Waals surface area contributed by atoms with Crippen molar-refractivity contribution in [2.45, 2.75) is 13.3 Å². The van der Waals surface area contributed by atoms with Gasteiger partial charge >= 0.3 is 5.97 Å². The summed E-state index contributed by atoms with van der Waals surface area (Å²) in [6, 6.07) is 11.8. The van der Waals surface area contributed by atoms with Gasteiger partial charge in [0, 0.05) is 18.2 Å². The highest BCUT2D eigenvalue weighted by Gasteiger charge is 2.08. The average molecular weight is 427 g/mol. The number of esters is 1. The van der Waals surface area contributed by atoms with Crippen LogP contribution in [0, 0.1) is 10.1 Å². The molecule has 0 aliphatic rings. The van der Waals surface area contributed by atoms with E-state index in [2.05, 4.69) is 10.9 Å². The number of ether oxygens (including phenoxy) is 2. The number of non-ortho nitro benzene ring substituents is 1. The van der Waals surface area contributed by atoms with E-state index in [1.165, 1.54) is 48.5 Å². The minimum Gasteiger partial charge on any atom is -0.484 e. The first-order valence-corrected chi connectivity index (χ1v) is 9.30. The molecular formula is C21H21N3O7. The van der Waals surface area contributed by atoms with Crippen LogP contribution in [-0.2, 0) is 14.3 Å². The van der Waals surface area contributed by atoms with E-state index in [9.17, 15) is 24.5 Å². The minimum absolute atomic E-state index is 0.0982. The predicted octanol–water partition coefficient (Wildman–Crippen LogP) is 2.40. The van der Waals surface area contributed by atoms with Crippen molar-refractivity contribution in [3.63, 3.8) is 0 Å². The highest BCUT2D eigenvalue weighted by molar-refractivity contribution is 5.93. The van der Waals surface area contributed by atoms with Crippen molar-refractivity contribution in [1.82, 2.24) is 10.9 Å². The molecule has 0 aliphatic carbocycles. The van der Waals surface area contributed by atoms with Gasteiger partial charge in [-0.15, -0.1) is 0 Å². The van der Waals surface area contributed by atoms with Gasteiger partial charge in [0.25, 0.3) is 17.5 Å². The number of hydrazine groups is 1. The highest BCUT2D eigenvalue weighted by Crippen LogP contribution is 2.14. The van der Waals surface area contributed by atoms with Crippen molar-refractivity contribution in [3.8, 4) is 5.75 Å². The molecule has 2 aromatic rings. The number of nitrogens with zero attached hydrogens (tertiary/aromatic N) is 1. The average Bonchev–Trinajstić information content (AvgIpc) is 2.78. The van der Waals surface area contributed by atoms with E-state index in [1.54, 1.807) is 6.07 Å². The van der Waals surface area contributed by atoms with Gasteiger partial charge in [-0.2, -0.15) is 0 Å². The summed E-state index contributed by atoms with van der Waals surface area (Å²) in [7, 11) is 0. The maximum atomic E-state index is 11.8. The molecule has 162 valence electrons. The summed E-state index contributed by atoms with van der Waals surface area (Å²) in [5.41, 5.74) is 5.07. The topological polar surface area (TPSA) is 137 Å². The Morgan fingerprint density at radius 2 is 1.84 bits per heavy atom. The SMILES string of the molecule is CCCOC(=O)c1ccc(OCC(=O)NNC(=O)/C=C/c2cccc([N+](=O)[O-])c2)cc1. The maximum absolute atomic E-state index is 11.8. The van der Waals surface area contributed by atoms with E-state index in [1.807, 2.05) is 6.92 Å². The van der Waals surface area contributed by atoms with Crippen LogP contribution in [0.25, 0.3) is 6.08 Å². The Labute approximate surface area is 178 Å². The summed E-state index contributed by atoms with van der Waals surface area (Å²) in [6.45, 7) is 1.86. The molecule has 2 N–H and O–H groups in total. The molecule has 2 amide bonds. The van der Waals surface area contributed by atoms with Gasteiger partial charge < -0.3 is 9.47 Å². The molecule has 0 aliphatic heterocycles. The molecule has 0 saturated heterocycles. The fourth-order valence-electron chi connectivity index (χ4n) is 2.24. The van der Waals surface area contributed by atoms with Gasteiger partial charge in [-0.1, -0.05) is 19.1 Å². The van der Waals surface area contributed by atoms with Gasteiger partial charge in [-0.25, -0.2) is 4.79 Å². The summed E-state index contributed by atoms with van der Waals surface area (Å²) in [5.74, 6) is -1.32. The Kier molecular flexibility index (Phi) is 8.72. The van der Waals surface area contributed by atoms with Crippen LogP contribution in [0.3, 0.4) is 0 Å². The largest absolute Gasteiger partial charge is 0.484 e. The molecule has 31 heavy (non-hydrogen) atoms. The second-order valence-corrected chi connectivity index (χ2v) is 6.17. The monoisotopic (exact) mass is 427 g/mol. The smallest absolute Gasteiger partial charge is 0.338 e. The van der Waals surface area contributed by atoms with Crippen molar-refractivity contribution in [2.75, 3.05) is 13.2 Å². The molecule has 0 unspecified atom stereocenters. The molecule has 0 bridgehead atoms. The molecule has 2 rings (SSSR count). The summed E-state index contributed by atoms with van der Waals surface area (Å²) < 4.78 is 10.3. The van der Waals surface area contributed by atoms with Gasteiger partial charge in [0.15, 0.2) is 6.61 Å². The van der Waals surface area contributed by atoms with Crippen LogP contribution < -0.4 is 15.6 Å². The van der Waals surface area contributed by atoms with Crippen LogP contribution in [0.4, 0.5) is 5.69 Å². The Bertz CT molecular complexity index is 971. The molecule has 0 fully saturated rings. The third-order valence-electron chi connectivity index (χ3n) is 3.73. The minimum atomic E-state index is -0.630. The number of hydrogen-bond acceptors (Lipinski definition) is 7. The van der Waals surface area contributed by atoms with Crippen molar-refractivity contribution >= 4 is 29.5 Å². The normalized spacial score (nSPS) is 10.4. The molecule has 2 aromatic carbocycles. The number of nitro groups is 1. The lowest BCUT2D eigenvalue weighted by atomic mass is 10.2. The predicted molar refractivity (Wildman–Crippen MR) is 111 cm³/mol. The van der Waals surface area contributed by atoms with Gasteiger partial charge in [-0.05, 0) is 42.3 Å². The molecule has 10 heteroatoms. The number of carbonyl (C=O) groups excluding carboxylic acids is 3. The van der Waals surface area contributed by atoms with Crippen LogP contribution in [0.1, 0.15) is 29.3 Å². The van der Waals surface area contributed by atoms with Crippen molar-refractivity contribution in [2.24, 2.45) is 0 Å². The summed E-state index contributed by atoms with van der Waals surface area (Å²) >= 11 is 0. The zero-order chi connectivity index (χ0) is 22.6. The Hall–Kier alpha value is -4.21. The zero-order valence-electron chi connectivity index (χ0n) is 16.7. The Morgan fingerprint density at radius 3 is 2.52 bits per heavy atom. The second-order valence-electron chi connectivity index (χ2n) is 6.17.